The van der Waals surface area contributed by atoms with E-state index in [-0.39, 0.29) is 27.6 Å². The number of rotatable bonds is 7. The molecule has 1 aromatic heterocycles. The molecule has 1 fully saturated rings. The molecule has 1 aliphatic rings. The maximum absolute atomic E-state index is 13.7. The van der Waals surface area contributed by atoms with Crippen LogP contribution in [0.1, 0.15) is 53.3 Å². The largest absolute Gasteiger partial charge is 0.351 e. The van der Waals surface area contributed by atoms with Crippen molar-refractivity contribution in [2.24, 2.45) is 0 Å². The van der Waals surface area contributed by atoms with Crippen molar-refractivity contribution < 1.29 is 18.4 Å². The highest BCUT2D eigenvalue weighted by Gasteiger charge is 2.35. The first-order valence-electron chi connectivity index (χ1n) is 10.8. The van der Waals surface area contributed by atoms with Crippen LogP contribution in [0.15, 0.2) is 48.5 Å². The zero-order valence-electron chi connectivity index (χ0n) is 17.9. The van der Waals surface area contributed by atoms with Gasteiger partial charge in [0.2, 0.25) is 5.91 Å². The topological polar surface area (TPSA) is 62.3 Å². The van der Waals surface area contributed by atoms with Crippen molar-refractivity contribution in [2.45, 2.75) is 44.3 Å². The van der Waals surface area contributed by atoms with Gasteiger partial charge in [0.05, 0.1) is 0 Å². The standard InChI is InChI=1S/C24H21Cl2F2N3O2S/c25-19-20(30-34-22(19)26)24(33)31(13-14-5-9-16(27)10-6-14)21(15-7-11-17(28)12-8-15)23(32)29-18-3-1-2-4-18/h5-12,18,21H,1-4,13H2,(H,29,32)/t21-/m1/s1. The van der Waals surface area contributed by atoms with E-state index >= 15 is 0 Å². The van der Waals surface area contributed by atoms with Crippen molar-refractivity contribution in [3.63, 3.8) is 0 Å². The molecule has 3 aromatic rings. The number of nitrogens with zero attached hydrogens (tertiary/aromatic N) is 2. The number of aromatic nitrogens is 1. The molecule has 0 aliphatic heterocycles. The second-order valence-corrected chi connectivity index (χ2v) is 9.88. The Balaban J connectivity index is 1.77. The van der Waals surface area contributed by atoms with Gasteiger partial charge in [-0.2, -0.15) is 4.37 Å². The van der Waals surface area contributed by atoms with Gasteiger partial charge < -0.3 is 10.2 Å². The molecule has 34 heavy (non-hydrogen) atoms. The van der Waals surface area contributed by atoms with Gasteiger partial charge in [0.15, 0.2) is 5.69 Å². The Morgan fingerprint density at radius 2 is 1.62 bits per heavy atom. The molecule has 0 saturated heterocycles. The zero-order chi connectivity index (χ0) is 24.2. The van der Waals surface area contributed by atoms with Gasteiger partial charge >= 0.3 is 0 Å². The van der Waals surface area contributed by atoms with Crippen molar-refractivity contribution in [2.75, 3.05) is 0 Å². The fraction of sp³-hybridized carbons (Fsp3) is 0.292. The lowest BCUT2D eigenvalue weighted by atomic mass is 10.0. The first-order valence-corrected chi connectivity index (χ1v) is 12.3. The average molecular weight is 524 g/mol. The van der Waals surface area contributed by atoms with Crippen molar-refractivity contribution in [1.82, 2.24) is 14.6 Å². The van der Waals surface area contributed by atoms with Crippen LogP contribution in [0.5, 0.6) is 0 Å². The molecule has 2 amide bonds. The van der Waals surface area contributed by atoms with Crippen LogP contribution < -0.4 is 5.32 Å². The SMILES string of the molecule is O=C(NC1CCCC1)[C@@H](c1ccc(F)cc1)N(Cc1ccc(F)cc1)C(=O)c1nsc(Cl)c1Cl. The van der Waals surface area contributed by atoms with Crippen LogP contribution in [0, 0.1) is 11.6 Å². The minimum atomic E-state index is -1.10. The first kappa shape index (κ1) is 24.6. The summed E-state index contributed by atoms with van der Waals surface area (Å²) in [4.78, 5) is 28.5. The molecule has 4 rings (SSSR count). The lowest BCUT2D eigenvalue weighted by molar-refractivity contribution is -0.126. The highest BCUT2D eigenvalue weighted by Crippen LogP contribution is 2.33. The molecule has 1 atom stereocenters. The fourth-order valence-corrected chi connectivity index (χ4v) is 5.05. The third-order valence-electron chi connectivity index (χ3n) is 5.77. The Hall–Kier alpha value is -2.55. The number of halogens is 4. The second kappa shape index (κ2) is 10.8. The smallest absolute Gasteiger partial charge is 0.276 e. The molecule has 1 saturated carbocycles. The van der Waals surface area contributed by atoms with Crippen LogP contribution in [-0.2, 0) is 11.3 Å². The molecule has 1 N–H and O–H groups in total. The van der Waals surface area contributed by atoms with Crippen LogP contribution in [0.4, 0.5) is 8.78 Å². The second-order valence-electron chi connectivity index (χ2n) is 8.12. The Bertz CT molecular complexity index is 1170. The van der Waals surface area contributed by atoms with Gasteiger partial charge in [-0.1, -0.05) is 60.3 Å². The number of hydrogen-bond donors (Lipinski definition) is 1. The van der Waals surface area contributed by atoms with Crippen molar-refractivity contribution in [1.29, 1.82) is 0 Å². The normalized spacial score (nSPS) is 14.7. The highest BCUT2D eigenvalue weighted by molar-refractivity contribution is 7.11. The lowest BCUT2D eigenvalue weighted by Gasteiger charge is -2.32. The Kier molecular flexibility index (Phi) is 7.80. The van der Waals surface area contributed by atoms with E-state index in [2.05, 4.69) is 9.69 Å². The van der Waals surface area contributed by atoms with Crippen LogP contribution in [0.25, 0.3) is 0 Å². The van der Waals surface area contributed by atoms with Gasteiger partial charge in [0.1, 0.15) is 27.0 Å². The van der Waals surface area contributed by atoms with E-state index in [9.17, 15) is 18.4 Å². The monoisotopic (exact) mass is 523 g/mol. The molecular weight excluding hydrogens is 503 g/mol. The van der Waals surface area contributed by atoms with Crippen LogP contribution in [0.2, 0.25) is 9.36 Å². The lowest BCUT2D eigenvalue weighted by Crippen LogP contribution is -2.46. The quantitative estimate of drug-likeness (QED) is 0.402. The van der Waals surface area contributed by atoms with E-state index in [0.717, 1.165) is 37.2 Å². The zero-order valence-corrected chi connectivity index (χ0v) is 20.3. The third kappa shape index (κ3) is 5.56. The molecule has 5 nitrogen and oxygen atoms in total. The Labute approximate surface area is 209 Å². The molecule has 0 radical (unpaired) electrons. The van der Waals surface area contributed by atoms with Gasteiger partial charge in [-0.25, -0.2) is 8.78 Å². The fourth-order valence-electron chi connectivity index (χ4n) is 4.06. The molecule has 2 aromatic carbocycles. The molecular formula is C24H21Cl2F2N3O2S. The molecule has 10 heteroatoms. The molecule has 0 bridgehead atoms. The van der Waals surface area contributed by atoms with Gasteiger partial charge in [0, 0.05) is 12.6 Å². The van der Waals surface area contributed by atoms with E-state index < -0.39 is 29.5 Å². The van der Waals surface area contributed by atoms with Gasteiger partial charge in [0.25, 0.3) is 5.91 Å². The Morgan fingerprint density at radius 3 is 2.18 bits per heavy atom. The summed E-state index contributed by atoms with van der Waals surface area (Å²) in [5.74, 6) is -1.91. The molecule has 178 valence electrons. The van der Waals surface area contributed by atoms with E-state index in [0.29, 0.717) is 11.1 Å². The molecule has 1 heterocycles. The summed E-state index contributed by atoms with van der Waals surface area (Å²) < 4.78 is 31.4. The van der Waals surface area contributed by atoms with Crippen molar-refractivity contribution in [3.8, 4) is 0 Å². The first-order chi connectivity index (χ1) is 16.3. The number of nitrogens with one attached hydrogen (secondary N) is 1. The van der Waals surface area contributed by atoms with Crippen LogP contribution >= 0.6 is 34.7 Å². The van der Waals surface area contributed by atoms with E-state index in [1.165, 1.54) is 53.4 Å². The predicted molar refractivity (Wildman–Crippen MR) is 128 cm³/mol. The Morgan fingerprint density at radius 1 is 1.03 bits per heavy atom. The molecule has 1 aliphatic carbocycles. The number of amides is 2. The number of carbonyl (C=O) groups is 2. The third-order valence-corrected chi connectivity index (χ3v) is 7.39. The number of benzene rings is 2. The van der Waals surface area contributed by atoms with Crippen molar-refractivity contribution >= 4 is 46.5 Å². The minimum absolute atomic E-state index is 0.00414. The van der Waals surface area contributed by atoms with Crippen molar-refractivity contribution in [3.05, 3.63) is 86.3 Å². The number of carbonyl (C=O) groups excluding carboxylic acids is 2. The summed E-state index contributed by atoms with van der Waals surface area (Å²) in [6.45, 7) is -0.0370. The van der Waals surface area contributed by atoms with Crippen LogP contribution in [0.3, 0.4) is 0 Å². The maximum Gasteiger partial charge on any atom is 0.276 e. The van der Waals surface area contributed by atoms with Gasteiger partial charge in [-0.15, -0.1) is 0 Å². The summed E-state index contributed by atoms with van der Waals surface area (Å²) >= 11 is 13.1. The van der Waals surface area contributed by atoms with E-state index in [4.69, 9.17) is 23.2 Å². The maximum atomic E-state index is 13.7. The molecule has 0 spiro atoms. The summed E-state index contributed by atoms with van der Waals surface area (Å²) in [5, 5.41) is 3.03. The summed E-state index contributed by atoms with van der Waals surface area (Å²) in [5.41, 5.74) is 0.928. The number of hydrogen-bond acceptors (Lipinski definition) is 4. The summed E-state index contributed by atoms with van der Waals surface area (Å²) in [6.07, 6.45) is 3.72. The van der Waals surface area contributed by atoms with Crippen LogP contribution in [-0.4, -0.2) is 27.1 Å². The average Bonchev–Trinajstić information content (AvgIpc) is 3.45. The van der Waals surface area contributed by atoms with Gasteiger partial charge in [-0.05, 0) is 59.8 Å². The van der Waals surface area contributed by atoms with E-state index in [1.54, 1.807) is 0 Å². The minimum Gasteiger partial charge on any atom is -0.351 e. The summed E-state index contributed by atoms with van der Waals surface area (Å²) in [6, 6.07) is 9.90. The summed E-state index contributed by atoms with van der Waals surface area (Å²) in [7, 11) is 0. The highest BCUT2D eigenvalue weighted by atomic mass is 35.5. The predicted octanol–water partition coefficient (Wildman–Crippen LogP) is 6.17. The molecule has 0 unspecified atom stereocenters. The van der Waals surface area contributed by atoms with Gasteiger partial charge in [-0.3, -0.25) is 9.59 Å². The van der Waals surface area contributed by atoms with E-state index in [1.807, 2.05) is 0 Å².